The second-order valence-corrected chi connectivity index (χ2v) is 2.97. The maximum absolute atomic E-state index is 5.75. The lowest BCUT2D eigenvalue weighted by Gasteiger charge is -1.95. The Kier molecular flexibility index (Phi) is 1.59. The lowest BCUT2D eigenvalue weighted by molar-refractivity contribution is 1.09. The average molecular weight is 203 g/mol. The Bertz CT molecular complexity index is 436. The number of nitrogens with zero attached hydrogens (tertiary/aromatic N) is 3. The number of aromatic nitrogens is 3. The highest BCUT2D eigenvalue weighted by Crippen LogP contribution is 2.16. The van der Waals surface area contributed by atoms with E-state index < -0.39 is 0 Å². The normalized spacial score (nSPS) is 10.8. The molecular formula is C6H4Cl2N4. The van der Waals surface area contributed by atoms with Crippen LogP contribution in [-0.4, -0.2) is 14.4 Å². The second-order valence-electron chi connectivity index (χ2n) is 2.24. The van der Waals surface area contributed by atoms with Crippen LogP contribution in [0, 0.1) is 0 Å². The third-order valence-corrected chi connectivity index (χ3v) is 1.86. The lowest BCUT2D eigenvalue weighted by atomic mass is 10.6. The molecule has 0 unspecified atom stereocenters. The van der Waals surface area contributed by atoms with E-state index >= 15 is 0 Å². The largest absolute Gasteiger partial charge is 0.382 e. The van der Waals surface area contributed by atoms with Crippen molar-refractivity contribution in [2.24, 2.45) is 0 Å². The fourth-order valence-corrected chi connectivity index (χ4v) is 1.39. The predicted octanol–water partition coefficient (Wildman–Crippen LogP) is 1.62. The minimum absolute atomic E-state index is 0.252. The molecule has 6 heteroatoms. The van der Waals surface area contributed by atoms with Crippen LogP contribution in [0.2, 0.25) is 10.4 Å². The van der Waals surface area contributed by atoms with E-state index in [-0.39, 0.29) is 5.28 Å². The number of nitrogens with two attached hydrogens (primary N) is 1. The van der Waals surface area contributed by atoms with E-state index in [1.165, 1.54) is 0 Å². The van der Waals surface area contributed by atoms with Gasteiger partial charge in [0.2, 0.25) is 5.28 Å². The van der Waals surface area contributed by atoms with E-state index in [1.54, 1.807) is 16.7 Å². The van der Waals surface area contributed by atoms with Gasteiger partial charge in [-0.2, -0.15) is 0 Å². The fourth-order valence-electron chi connectivity index (χ4n) is 0.944. The monoisotopic (exact) mass is 202 g/mol. The first-order valence-corrected chi connectivity index (χ1v) is 3.89. The third kappa shape index (κ3) is 1.09. The zero-order valence-electron chi connectivity index (χ0n) is 5.83. The first-order chi connectivity index (χ1) is 5.66. The van der Waals surface area contributed by atoms with Crippen LogP contribution in [0.1, 0.15) is 0 Å². The Balaban J connectivity index is 2.88. The minimum Gasteiger partial charge on any atom is -0.382 e. The van der Waals surface area contributed by atoms with Gasteiger partial charge in [-0.3, -0.25) is 4.40 Å². The number of fused-ring (bicyclic) bond motifs is 1. The molecule has 0 aliphatic carbocycles. The zero-order valence-corrected chi connectivity index (χ0v) is 7.34. The molecule has 2 rings (SSSR count). The maximum atomic E-state index is 5.75. The smallest absolute Gasteiger partial charge is 0.210 e. The summed E-state index contributed by atoms with van der Waals surface area (Å²) in [6.45, 7) is 0. The van der Waals surface area contributed by atoms with E-state index in [1.807, 2.05) is 0 Å². The van der Waals surface area contributed by atoms with Crippen LogP contribution in [0.25, 0.3) is 5.65 Å². The molecule has 0 radical (unpaired) electrons. The molecule has 2 aromatic rings. The Morgan fingerprint density at radius 2 is 2.08 bits per heavy atom. The average Bonchev–Trinajstić information content (AvgIpc) is 2.29. The predicted molar refractivity (Wildman–Crippen MR) is 47.4 cm³/mol. The lowest BCUT2D eigenvalue weighted by Crippen LogP contribution is -1.89. The van der Waals surface area contributed by atoms with Gasteiger partial charge < -0.3 is 5.73 Å². The van der Waals surface area contributed by atoms with Gasteiger partial charge in [0.15, 0.2) is 0 Å². The van der Waals surface area contributed by atoms with Crippen LogP contribution in [0.4, 0.5) is 5.82 Å². The van der Waals surface area contributed by atoms with Crippen molar-refractivity contribution in [1.82, 2.24) is 14.4 Å². The summed E-state index contributed by atoms with van der Waals surface area (Å²) in [4.78, 5) is 7.78. The van der Waals surface area contributed by atoms with Crippen molar-refractivity contribution in [3.8, 4) is 0 Å². The number of rotatable bonds is 0. The summed E-state index contributed by atoms with van der Waals surface area (Å²) in [6, 6.07) is 1.59. The third-order valence-electron chi connectivity index (χ3n) is 1.40. The van der Waals surface area contributed by atoms with Gasteiger partial charge in [0, 0.05) is 6.07 Å². The standard InChI is InChI=1S/C6H4Cl2N4/c7-3-1-5-11-4(9)2-12(5)6(8)10-3/h1-2H,9H2. The highest BCUT2D eigenvalue weighted by molar-refractivity contribution is 6.32. The van der Waals surface area contributed by atoms with Crippen LogP contribution in [0.5, 0.6) is 0 Å². The van der Waals surface area contributed by atoms with Crippen LogP contribution in [-0.2, 0) is 0 Å². The number of imidazole rings is 1. The highest BCUT2D eigenvalue weighted by Gasteiger charge is 2.04. The molecule has 0 saturated carbocycles. The SMILES string of the molecule is Nc1cn2c(Cl)nc(Cl)cc2n1. The van der Waals surface area contributed by atoms with E-state index in [9.17, 15) is 0 Å². The van der Waals surface area contributed by atoms with Gasteiger partial charge in [-0.05, 0) is 11.6 Å². The van der Waals surface area contributed by atoms with E-state index in [2.05, 4.69) is 9.97 Å². The van der Waals surface area contributed by atoms with Gasteiger partial charge in [0.25, 0.3) is 0 Å². The summed E-state index contributed by atoms with van der Waals surface area (Å²) in [7, 11) is 0. The van der Waals surface area contributed by atoms with E-state index in [0.717, 1.165) is 0 Å². The molecule has 2 heterocycles. The molecule has 0 amide bonds. The minimum atomic E-state index is 0.252. The number of anilines is 1. The Morgan fingerprint density at radius 1 is 1.33 bits per heavy atom. The Morgan fingerprint density at radius 3 is 2.83 bits per heavy atom. The van der Waals surface area contributed by atoms with Crippen molar-refractivity contribution in [1.29, 1.82) is 0 Å². The highest BCUT2D eigenvalue weighted by atomic mass is 35.5. The van der Waals surface area contributed by atoms with Crippen LogP contribution in [0.15, 0.2) is 12.3 Å². The van der Waals surface area contributed by atoms with E-state index in [0.29, 0.717) is 16.6 Å². The summed E-state index contributed by atoms with van der Waals surface area (Å²) >= 11 is 11.4. The molecule has 0 spiro atoms. The first kappa shape index (κ1) is 7.64. The van der Waals surface area contributed by atoms with Gasteiger partial charge in [-0.25, -0.2) is 9.97 Å². The molecule has 0 fully saturated rings. The number of nitrogen functional groups attached to an aromatic ring is 1. The molecule has 0 aliphatic rings. The molecule has 0 saturated heterocycles. The number of halogens is 2. The van der Waals surface area contributed by atoms with Crippen LogP contribution >= 0.6 is 23.2 Å². The molecular weight excluding hydrogens is 199 g/mol. The van der Waals surface area contributed by atoms with Gasteiger partial charge in [0.05, 0.1) is 6.20 Å². The van der Waals surface area contributed by atoms with Gasteiger partial charge in [-0.1, -0.05) is 11.6 Å². The van der Waals surface area contributed by atoms with Crippen molar-refractivity contribution in [3.63, 3.8) is 0 Å². The Hall–Kier alpha value is -1.00. The van der Waals surface area contributed by atoms with Crippen LogP contribution in [0.3, 0.4) is 0 Å². The summed E-state index contributed by atoms with van der Waals surface area (Å²) in [5, 5.41) is 0.555. The fraction of sp³-hybridized carbons (Fsp3) is 0. The molecule has 2 N–H and O–H groups in total. The van der Waals surface area contributed by atoms with Gasteiger partial charge in [0.1, 0.15) is 16.6 Å². The summed E-state index contributed by atoms with van der Waals surface area (Å²) < 4.78 is 1.56. The van der Waals surface area contributed by atoms with Crippen molar-refractivity contribution < 1.29 is 0 Å². The molecule has 12 heavy (non-hydrogen) atoms. The second kappa shape index (κ2) is 2.50. The molecule has 0 aliphatic heterocycles. The van der Waals surface area contributed by atoms with Crippen molar-refractivity contribution in [2.75, 3.05) is 5.73 Å². The molecule has 0 atom stereocenters. The van der Waals surface area contributed by atoms with Gasteiger partial charge in [-0.15, -0.1) is 0 Å². The molecule has 62 valence electrons. The summed E-state index contributed by atoms with van der Waals surface area (Å²) in [5.41, 5.74) is 6.04. The maximum Gasteiger partial charge on any atom is 0.210 e. The number of hydrogen-bond donors (Lipinski definition) is 1. The molecule has 2 aromatic heterocycles. The van der Waals surface area contributed by atoms with Crippen LogP contribution < -0.4 is 5.73 Å². The topological polar surface area (TPSA) is 56.2 Å². The van der Waals surface area contributed by atoms with Crippen molar-refractivity contribution in [2.45, 2.75) is 0 Å². The first-order valence-electron chi connectivity index (χ1n) is 3.13. The van der Waals surface area contributed by atoms with Crippen molar-refractivity contribution >= 4 is 34.7 Å². The van der Waals surface area contributed by atoms with Crippen molar-refractivity contribution in [3.05, 3.63) is 22.7 Å². The Labute approximate surface area is 77.9 Å². The zero-order chi connectivity index (χ0) is 8.72. The van der Waals surface area contributed by atoms with E-state index in [4.69, 9.17) is 28.9 Å². The number of hydrogen-bond acceptors (Lipinski definition) is 3. The summed E-state index contributed by atoms with van der Waals surface area (Å²) in [5.74, 6) is 0.390. The molecule has 0 aromatic carbocycles. The summed E-state index contributed by atoms with van der Waals surface area (Å²) in [6.07, 6.45) is 1.58. The van der Waals surface area contributed by atoms with Gasteiger partial charge >= 0.3 is 0 Å². The molecule has 0 bridgehead atoms. The quantitative estimate of drug-likeness (QED) is 0.522. The molecule has 4 nitrogen and oxygen atoms in total.